The minimum atomic E-state index is 0.192. The Morgan fingerprint density at radius 3 is 2.56 bits per heavy atom. The fraction of sp³-hybridized carbons (Fsp3) is 0.286. The number of hydrogen-bond donors (Lipinski definition) is 0. The summed E-state index contributed by atoms with van der Waals surface area (Å²) in [6.45, 7) is 0.855. The third-order valence-corrected chi connectivity index (χ3v) is 3.47. The van der Waals surface area contributed by atoms with Crippen molar-refractivity contribution in [3.63, 3.8) is 0 Å². The topological polar surface area (TPSA) is 9.23 Å². The molecule has 1 unspecified atom stereocenters. The number of benzene rings is 2. The second-order valence-corrected chi connectivity index (χ2v) is 4.63. The lowest BCUT2D eigenvalue weighted by atomic mass is 10.0. The highest BCUT2D eigenvalue weighted by molar-refractivity contribution is 6.32. The molecule has 3 rings (SSSR count). The zero-order chi connectivity index (χ0) is 11.0. The number of fused-ring (bicyclic) bond motifs is 1. The average Bonchev–Trinajstić information content (AvgIpc) is 2.81. The van der Waals surface area contributed by atoms with Crippen LogP contribution in [0.4, 0.5) is 0 Å². The van der Waals surface area contributed by atoms with Gasteiger partial charge in [-0.2, -0.15) is 0 Å². The smallest absolute Gasteiger partial charge is 0.0840 e. The van der Waals surface area contributed by atoms with E-state index in [1.807, 2.05) is 12.1 Å². The van der Waals surface area contributed by atoms with Crippen LogP contribution in [0.15, 0.2) is 36.4 Å². The summed E-state index contributed by atoms with van der Waals surface area (Å²) in [4.78, 5) is 0. The van der Waals surface area contributed by atoms with Crippen molar-refractivity contribution in [3.8, 4) is 0 Å². The standard InChI is InChI=1S/C14H13ClO/c15-13-9-11-5-2-1-4-10(11)8-12(13)14-6-3-7-16-14/h1-2,4-5,8-9,14H,3,6-7H2. The summed E-state index contributed by atoms with van der Waals surface area (Å²) in [7, 11) is 0. The van der Waals surface area contributed by atoms with Crippen LogP contribution < -0.4 is 0 Å². The van der Waals surface area contributed by atoms with Crippen molar-refractivity contribution in [2.24, 2.45) is 0 Å². The average molecular weight is 233 g/mol. The first-order valence-electron chi connectivity index (χ1n) is 5.64. The summed E-state index contributed by atoms with van der Waals surface area (Å²) < 4.78 is 5.68. The first-order valence-corrected chi connectivity index (χ1v) is 6.02. The second kappa shape index (κ2) is 4.08. The van der Waals surface area contributed by atoms with Gasteiger partial charge < -0.3 is 4.74 Å². The number of hydrogen-bond acceptors (Lipinski definition) is 1. The molecule has 0 spiro atoms. The van der Waals surface area contributed by atoms with Gasteiger partial charge in [0.1, 0.15) is 0 Å². The maximum absolute atomic E-state index is 6.30. The molecule has 0 aromatic heterocycles. The molecule has 0 saturated carbocycles. The molecule has 1 nitrogen and oxygen atoms in total. The summed E-state index contributed by atoms with van der Waals surface area (Å²) in [5.74, 6) is 0. The van der Waals surface area contributed by atoms with E-state index in [1.165, 1.54) is 10.8 Å². The van der Waals surface area contributed by atoms with Crippen LogP contribution >= 0.6 is 11.6 Å². The molecule has 0 radical (unpaired) electrons. The predicted molar refractivity (Wildman–Crippen MR) is 66.9 cm³/mol. The van der Waals surface area contributed by atoms with Crippen LogP contribution in [-0.2, 0) is 4.74 Å². The highest BCUT2D eigenvalue weighted by Crippen LogP contribution is 2.35. The third-order valence-electron chi connectivity index (χ3n) is 3.14. The Balaban J connectivity index is 2.13. The Kier molecular flexibility index (Phi) is 2.58. The van der Waals surface area contributed by atoms with Gasteiger partial charge in [-0.15, -0.1) is 0 Å². The molecule has 2 aromatic rings. The van der Waals surface area contributed by atoms with Crippen LogP contribution in [0.3, 0.4) is 0 Å². The number of ether oxygens (including phenoxy) is 1. The maximum Gasteiger partial charge on any atom is 0.0840 e. The van der Waals surface area contributed by atoms with E-state index in [0.29, 0.717) is 0 Å². The Bertz CT molecular complexity index is 515. The van der Waals surface area contributed by atoms with Gasteiger partial charge in [-0.25, -0.2) is 0 Å². The molecule has 1 atom stereocenters. The lowest BCUT2D eigenvalue weighted by Crippen LogP contribution is -1.96. The van der Waals surface area contributed by atoms with Crippen molar-refractivity contribution in [2.45, 2.75) is 18.9 Å². The molecule has 1 fully saturated rings. The molecule has 0 N–H and O–H groups in total. The molecule has 1 heterocycles. The molecule has 0 amide bonds. The van der Waals surface area contributed by atoms with Crippen LogP contribution in [0.25, 0.3) is 10.8 Å². The molecule has 1 aliphatic rings. The van der Waals surface area contributed by atoms with Crippen LogP contribution in [0.5, 0.6) is 0 Å². The maximum atomic E-state index is 6.30. The van der Waals surface area contributed by atoms with E-state index in [0.717, 1.165) is 30.0 Å². The quantitative estimate of drug-likeness (QED) is 0.711. The van der Waals surface area contributed by atoms with E-state index >= 15 is 0 Å². The highest BCUT2D eigenvalue weighted by Gasteiger charge is 2.20. The fourth-order valence-electron chi connectivity index (χ4n) is 2.30. The van der Waals surface area contributed by atoms with E-state index < -0.39 is 0 Å². The summed E-state index contributed by atoms with van der Waals surface area (Å²) in [6, 6.07) is 12.5. The van der Waals surface area contributed by atoms with Crippen LogP contribution in [0.1, 0.15) is 24.5 Å². The van der Waals surface area contributed by atoms with Crippen LogP contribution in [-0.4, -0.2) is 6.61 Å². The zero-order valence-corrected chi connectivity index (χ0v) is 9.70. The van der Waals surface area contributed by atoms with Gasteiger partial charge >= 0.3 is 0 Å². The zero-order valence-electron chi connectivity index (χ0n) is 8.95. The van der Waals surface area contributed by atoms with Crippen LogP contribution in [0, 0.1) is 0 Å². The molecule has 1 saturated heterocycles. The van der Waals surface area contributed by atoms with Crippen molar-refractivity contribution < 1.29 is 4.74 Å². The lowest BCUT2D eigenvalue weighted by molar-refractivity contribution is 0.112. The molecule has 1 aliphatic heterocycles. The number of rotatable bonds is 1. The highest BCUT2D eigenvalue weighted by atomic mass is 35.5. The van der Waals surface area contributed by atoms with E-state index in [9.17, 15) is 0 Å². The summed E-state index contributed by atoms with van der Waals surface area (Å²) in [5, 5.41) is 3.25. The monoisotopic (exact) mass is 232 g/mol. The Morgan fingerprint density at radius 2 is 1.88 bits per heavy atom. The Hall–Kier alpha value is -1.05. The van der Waals surface area contributed by atoms with E-state index in [1.54, 1.807) is 0 Å². The largest absolute Gasteiger partial charge is 0.373 e. The van der Waals surface area contributed by atoms with E-state index in [4.69, 9.17) is 16.3 Å². The molecular weight excluding hydrogens is 220 g/mol. The van der Waals surface area contributed by atoms with Crippen LogP contribution in [0.2, 0.25) is 5.02 Å². The summed E-state index contributed by atoms with van der Waals surface area (Å²) >= 11 is 6.30. The molecule has 0 bridgehead atoms. The van der Waals surface area contributed by atoms with Gasteiger partial charge in [0.2, 0.25) is 0 Å². The van der Waals surface area contributed by atoms with Crippen molar-refractivity contribution in [3.05, 3.63) is 47.0 Å². The van der Waals surface area contributed by atoms with E-state index in [2.05, 4.69) is 24.3 Å². The SMILES string of the molecule is Clc1cc2ccccc2cc1C1CCCO1. The van der Waals surface area contributed by atoms with Gasteiger partial charge in [0.15, 0.2) is 0 Å². The lowest BCUT2D eigenvalue weighted by Gasteiger charge is -2.13. The first-order chi connectivity index (χ1) is 7.84. The number of halogens is 1. The van der Waals surface area contributed by atoms with Gasteiger partial charge in [0.05, 0.1) is 6.10 Å². The van der Waals surface area contributed by atoms with Gasteiger partial charge in [-0.3, -0.25) is 0 Å². The van der Waals surface area contributed by atoms with Gasteiger partial charge in [-0.05, 0) is 35.7 Å². The minimum Gasteiger partial charge on any atom is -0.373 e. The summed E-state index contributed by atoms with van der Waals surface area (Å²) in [6.07, 6.45) is 2.41. The molecule has 2 aromatic carbocycles. The van der Waals surface area contributed by atoms with E-state index in [-0.39, 0.29) is 6.10 Å². The van der Waals surface area contributed by atoms with Crippen molar-refractivity contribution >= 4 is 22.4 Å². The second-order valence-electron chi connectivity index (χ2n) is 4.22. The molecule has 2 heteroatoms. The minimum absolute atomic E-state index is 0.192. The van der Waals surface area contributed by atoms with Crippen molar-refractivity contribution in [2.75, 3.05) is 6.61 Å². The molecule has 82 valence electrons. The first kappa shape index (κ1) is 10.1. The predicted octanol–water partition coefficient (Wildman–Crippen LogP) is 4.34. The van der Waals surface area contributed by atoms with Crippen molar-refractivity contribution in [1.82, 2.24) is 0 Å². The Labute approximate surface area is 100.0 Å². The molecular formula is C14H13ClO. The third kappa shape index (κ3) is 1.70. The molecule has 0 aliphatic carbocycles. The fourth-order valence-corrected chi connectivity index (χ4v) is 2.59. The van der Waals surface area contributed by atoms with Gasteiger partial charge in [-0.1, -0.05) is 35.9 Å². The normalized spacial score (nSPS) is 20.4. The summed E-state index contributed by atoms with van der Waals surface area (Å²) in [5.41, 5.74) is 1.14. The van der Waals surface area contributed by atoms with Crippen molar-refractivity contribution in [1.29, 1.82) is 0 Å². The molecule has 16 heavy (non-hydrogen) atoms. The van der Waals surface area contributed by atoms with Gasteiger partial charge in [0, 0.05) is 17.2 Å². The Morgan fingerprint density at radius 1 is 1.12 bits per heavy atom. The van der Waals surface area contributed by atoms with Gasteiger partial charge in [0.25, 0.3) is 0 Å².